The summed E-state index contributed by atoms with van der Waals surface area (Å²) in [5.41, 5.74) is 0. The predicted molar refractivity (Wildman–Crippen MR) is 38.8 cm³/mol. The van der Waals surface area contributed by atoms with Crippen molar-refractivity contribution in [3.8, 4) is 0 Å². The highest BCUT2D eigenvalue weighted by Crippen LogP contribution is 2.51. The van der Waals surface area contributed by atoms with E-state index >= 15 is 0 Å². The highest BCUT2D eigenvalue weighted by atomic mass is 16.6. The molecule has 2 unspecified atom stereocenters. The number of ether oxygens (including phenoxy) is 1. The summed E-state index contributed by atoms with van der Waals surface area (Å²) in [6.07, 6.45) is 5.06. The van der Waals surface area contributed by atoms with Gasteiger partial charge < -0.3 is 4.74 Å². The van der Waals surface area contributed by atoms with Gasteiger partial charge in [0, 0.05) is 0 Å². The molecule has 1 heterocycles. The third-order valence-corrected chi connectivity index (χ3v) is 3.20. The summed E-state index contributed by atoms with van der Waals surface area (Å²) in [7, 11) is 0. The fourth-order valence-corrected chi connectivity index (χ4v) is 2.70. The Hall–Kier alpha value is -1.12. The van der Waals surface area contributed by atoms with Gasteiger partial charge in [0.05, 0.1) is 11.8 Å². The third-order valence-electron chi connectivity index (χ3n) is 3.20. The quantitative estimate of drug-likeness (QED) is 0.297. The van der Waals surface area contributed by atoms with Crippen molar-refractivity contribution in [2.75, 3.05) is 0 Å². The van der Waals surface area contributed by atoms with Crippen molar-refractivity contribution in [2.24, 2.45) is 23.7 Å². The van der Waals surface area contributed by atoms with Gasteiger partial charge in [0.2, 0.25) is 0 Å². The average Bonchev–Trinajstić information content (AvgIpc) is 2.64. The molecule has 1 saturated heterocycles. The molecule has 4 atom stereocenters. The molecule has 1 aliphatic heterocycles. The van der Waals surface area contributed by atoms with Crippen LogP contribution in [0.25, 0.3) is 0 Å². The van der Waals surface area contributed by atoms with Gasteiger partial charge in [0.15, 0.2) is 0 Å². The van der Waals surface area contributed by atoms with E-state index in [0.29, 0.717) is 0 Å². The molecule has 3 nitrogen and oxygen atoms in total. The number of carbonyl (C=O) groups excluding carboxylic acids is 2. The van der Waals surface area contributed by atoms with Gasteiger partial charge in [-0.1, -0.05) is 12.2 Å². The Kier molecular flexibility index (Phi) is 0.953. The van der Waals surface area contributed by atoms with E-state index in [2.05, 4.69) is 4.74 Å². The lowest BCUT2D eigenvalue weighted by Gasteiger charge is -2.12. The Morgan fingerprint density at radius 3 is 2.08 bits per heavy atom. The number of allylic oxidation sites excluding steroid dienone is 2. The maximum absolute atomic E-state index is 11.2. The molecular formula is C9H8O3. The van der Waals surface area contributed by atoms with E-state index < -0.39 is 0 Å². The van der Waals surface area contributed by atoms with Crippen molar-refractivity contribution in [3.63, 3.8) is 0 Å². The lowest BCUT2D eigenvalue weighted by molar-refractivity contribution is -0.154. The standard InChI is InChI=1S/C9H8O3/c10-8-6-4-1-2-5(3-4)7(6)9(11)12-8/h1-2,4-7H,3H2/t4-,5-,6?,7?/m0/s1. The van der Waals surface area contributed by atoms with Gasteiger partial charge >= 0.3 is 11.9 Å². The summed E-state index contributed by atoms with van der Waals surface area (Å²) in [5.74, 6) is -0.346. The van der Waals surface area contributed by atoms with Crippen molar-refractivity contribution >= 4 is 11.9 Å². The zero-order chi connectivity index (χ0) is 8.29. The van der Waals surface area contributed by atoms with Crippen molar-refractivity contribution < 1.29 is 14.3 Å². The second kappa shape index (κ2) is 1.79. The Morgan fingerprint density at radius 2 is 1.58 bits per heavy atom. The van der Waals surface area contributed by atoms with Crippen LogP contribution in [0, 0.1) is 23.7 Å². The van der Waals surface area contributed by atoms with Gasteiger partial charge in [0.1, 0.15) is 0 Å². The first kappa shape index (κ1) is 6.40. The van der Waals surface area contributed by atoms with Crippen LogP contribution in [0.2, 0.25) is 0 Å². The predicted octanol–water partition coefficient (Wildman–Crippen LogP) is 0.508. The first-order chi connectivity index (χ1) is 5.77. The van der Waals surface area contributed by atoms with Crippen LogP contribution in [0.5, 0.6) is 0 Å². The lowest BCUT2D eigenvalue weighted by Crippen LogP contribution is -2.21. The number of fused-ring (bicyclic) bond motifs is 5. The van der Waals surface area contributed by atoms with Gasteiger partial charge in [-0.3, -0.25) is 9.59 Å². The molecular weight excluding hydrogens is 156 g/mol. The van der Waals surface area contributed by atoms with Crippen LogP contribution < -0.4 is 0 Å². The molecule has 0 N–H and O–H groups in total. The summed E-state index contributed by atoms with van der Waals surface area (Å²) >= 11 is 0. The largest absolute Gasteiger partial charge is 0.393 e. The summed E-state index contributed by atoms with van der Waals surface area (Å²) in [6.45, 7) is 0. The van der Waals surface area contributed by atoms with Crippen LogP contribution in [-0.2, 0) is 14.3 Å². The molecule has 0 aromatic rings. The van der Waals surface area contributed by atoms with Crippen LogP contribution in [0.4, 0.5) is 0 Å². The molecule has 3 rings (SSSR count). The summed E-state index contributed by atoms with van der Waals surface area (Å²) in [4.78, 5) is 22.4. The number of rotatable bonds is 0. The van der Waals surface area contributed by atoms with E-state index in [-0.39, 0.29) is 35.6 Å². The summed E-state index contributed by atoms with van der Waals surface area (Å²) in [5, 5.41) is 0. The van der Waals surface area contributed by atoms with Crippen LogP contribution in [0.3, 0.4) is 0 Å². The van der Waals surface area contributed by atoms with Crippen LogP contribution >= 0.6 is 0 Å². The van der Waals surface area contributed by atoms with E-state index in [1.165, 1.54) is 0 Å². The maximum atomic E-state index is 11.2. The number of hydrogen-bond donors (Lipinski definition) is 0. The van der Waals surface area contributed by atoms with Gasteiger partial charge in [-0.2, -0.15) is 0 Å². The third kappa shape index (κ3) is 0.543. The molecule has 0 amide bonds. The molecule has 62 valence electrons. The Morgan fingerprint density at radius 1 is 1.08 bits per heavy atom. The molecule has 3 heteroatoms. The fraction of sp³-hybridized carbons (Fsp3) is 0.556. The maximum Gasteiger partial charge on any atom is 0.318 e. The lowest BCUT2D eigenvalue weighted by atomic mass is 9.85. The van der Waals surface area contributed by atoms with Crippen molar-refractivity contribution in [1.82, 2.24) is 0 Å². The molecule has 3 aliphatic rings. The van der Waals surface area contributed by atoms with Gasteiger partial charge in [-0.25, -0.2) is 0 Å². The summed E-state index contributed by atoms with van der Waals surface area (Å²) in [6, 6.07) is 0. The Balaban J connectivity index is 2.08. The van der Waals surface area contributed by atoms with Crippen molar-refractivity contribution in [2.45, 2.75) is 6.42 Å². The van der Waals surface area contributed by atoms with E-state index in [1.807, 2.05) is 12.2 Å². The molecule has 2 bridgehead atoms. The van der Waals surface area contributed by atoms with Crippen LogP contribution in [0.1, 0.15) is 6.42 Å². The molecule has 2 fully saturated rings. The zero-order valence-electron chi connectivity index (χ0n) is 6.40. The van der Waals surface area contributed by atoms with Gasteiger partial charge in [-0.05, 0) is 18.3 Å². The minimum Gasteiger partial charge on any atom is -0.393 e. The zero-order valence-corrected chi connectivity index (χ0v) is 6.40. The van der Waals surface area contributed by atoms with E-state index in [4.69, 9.17) is 0 Å². The van der Waals surface area contributed by atoms with E-state index in [1.54, 1.807) is 0 Å². The first-order valence-corrected chi connectivity index (χ1v) is 4.21. The second-order valence-corrected chi connectivity index (χ2v) is 3.74. The highest BCUT2D eigenvalue weighted by molar-refractivity contribution is 5.98. The number of esters is 2. The second-order valence-electron chi connectivity index (χ2n) is 3.74. The Bertz CT molecular complexity index is 277. The molecule has 0 radical (unpaired) electrons. The minimum absolute atomic E-state index is 0.146. The van der Waals surface area contributed by atoms with Crippen LogP contribution in [-0.4, -0.2) is 11.9 Å². The normalized spacial score (nSPS) is 48.3. The molecule has 0 aromatic heterocycles. The highest BCUT2D eigenvalue weighted by Gasteiger charge is 2.57. The van der Waals surface area contributed by atoms with Gasteiger partial charge in [0.25, 0.3) is 0 Å². The fourth-order valence-electron chi connectivity index (χ4n) is 2.70. The monoisotopic (exact) mass is 164 g/mol. The molecule has 2 aliphatic carbocycles. The average molecular weight is 164 g/mol. The van der Waals surface area contributed by atoms with E-state index in [0.717, 1.165) is 6.42 Å². The molecule has 0 spiro atoms. The molecule has 1 saturated carbocycles. The summed E-state index contributed by atoms with van der Waals surface area (Å²) < 4.78 is 4.59. The topological polar surface area (TPSA) is 43.4 Å². The smallest absolute Gasteiger partial charge is 0.318 e. The molecule has 12 heavy (non-hydrogen) atoms. The number of cyclic esters (lactones) is 2. The molecule has 0 aromatic carbocycles. The number of hydrogen-bond acceptors (Lipinski definition) is 3. The van der Waals surface area contributed by atoms with E-state index in [9.17, 15) is 9.59 Å². The van der Waals surface area contributed by atoms with Crippen molar-refractivity contribution in [3.05, 3.63) is 12.2 Å². The van der Waals surface area contributed by atoms with Crippen LogP contribution in [0.15, 0.2) is 12.2 Å². The minimum atomic E-state index is -0.304. The SMILES string of the molecule is O=C1OC(=O)C2C1[C@H]1C=C[C@H]2C1. The number of carbonyl (C=O) groups is 2. The van der Waals surface area contributed by atoms with Crippen molar-refractivity contribution in [1.29, 1.82) is 0 Å². The Labute approximate surface area is 69.4 Å². The first-order valence-electron chi connectivity index (χ1n) is 4.21. The van der Waals surface area contributed by atoms with Gasteiger partial charge in [-0.15, -0.1) is 0 Å².